The number of aliphatic hydroxyl groups is 2. The predicted octanol–water partition coefficient (Wildman–Crippen LogP) is -0.455. The number of aromatic nitrogens is 2. The highest BCUT2D eigenvalue weighted by atomic mass is 16.3. The van der Waals surface area contributed by atoms with Crippen molar-refractivity contribution in [3.63, 3.8) is 0 Å². The molecule has 0 aromatic carbocycles. The molecule has 0 saturated carbocycles. The zero-order valence-electron chi connectivity index (χ0n) is 6.01. The van der Waals surface area contributed by atoms with Gasteiger partial charge in [-0.1, -0.05) is 0 Å². The summed E-state index contributed by atoms with van der Waals surface area (Å²) in [5.41, 5.74) is 0. The van der Waals surface area contributed by atoms with Gasteiger partial charge in [0.05, 0.1) is 19.1 Å². The fraction of sp³-hybridized carbons (Fsp3) is 0.429. The predicted molar refractivity (Wildman–Crippen MR) is 38.9 cm³/mol. The van der Waals surface area contributed by atoms with Crippen LogP contribution < -0.4 is 0 Å². The molecule has 0 fully saturated rings. The fourth-order valence-electron chi connectivity index (χ4n) is 0.742. The summed E-state index contributed by atoms with van der Waals surface area (Å²) in [4.78, 5) is 7.78. The first-order valence-corrected chi connectivity index (χ1v) is 3.37. The third-order valence-electron chi connectivity index (χ3n) is 1.39. The molecular formula is C7H10N2O2. The van der Waals surface area contributed by atoms with Crippen molar-refractivity contribution in [2.75, 3.05) is 13.2 Å². The molecule has 1 rings (SSSR count). The van der Waals surface area contributed by atoms with Gasteiger partial charge in [0.1, 0.15) is 5.82 Å². The van der Waals surface area contributed by atoms with Crippen molar-refractivity contribution in [1.82, 2.24) is 9.97 Å². The summed E-state index contributed by atoms with van der Waals surface area (Å²) >= 11 is 0. The van der Waals surface area contributed by atoms with Crippen LogP contribution in [0.3, 0.4) is 0 Å². The Kier molecular flexibility index (Phi) is 2.95. The second-order valence-corrected chi connectivity index (χ2v) is 2.17. The van der Waals surface area contributed by atoms with Crippen molar-refractivity contribution >= 4 is 0 Å². The van der Waals surface area contributed by atoms with Crippen LogP contribution in [0.25, 0.3) is 0 Å². The van der Waals surface area contributed by atoms with E-state index < -0.39 is 0 Å². The van der Waals surface area contributed by atoms with Crippen LogP contribution in [0, 0.1) is 0 Å². The Labute approximate surface area is 64.6 Å². The van der Waals surface area contributed by atoms with Crippen LogP contribution in [-0.4, -0.2) is 33.4 Å². The van der Waals surface area contributed by atoms with Gasteiger partial charge >= 0.3 is 0 Å². The normalized spacial score (nSPS) is 10.5. The molecule has 0 radical (unpaired) electrons. The van der Waals surface area contributed by atoms with Gasteiger partial charge in [-0.25, -0.2) is 9.97 Å². The van der Waals surface area contributed by atoms with Gasteiger partial charge in [0, 0.05) is 12.4 Å². The van der Waals surface area contributed by atoms with E-state index in [2.05, 4.69) is 9.97 Å². The average Bonchev–Trinajstić information content (AvgIpc) is 2.09. The lowest BCUT2D eigenvalue weighted by molar-refractivity contribution is 0.188. The number of aliphatic hydroxyl groups excluding tert-OH is 2. The molecule has 11 heavy (non-hydrogen) atoms. The van der Waals surface area contributed by atoms with Gasteiger partial charge in [0.15, 0.2) is 0 Å². The van der Waals surface area contributed by atoms with Crippen molar-refractivity contribution in [3.05, 3.63) is 24.3 Å². The monoisotopic (exact) mass is 154 g/mol. The molecule has 0 atom stereocenters. The molecule has 0 bridgehead atoms. The quantitative estimate of drug-likeness (QED) is 0.618. The lowest BCUT2D eigenvalue weighted by Gasteiger charge is -2.06. The van der Waals surface area contributed by atoms with E-state index in [0.29, 0.717) is 5.82 Å². The molecule has 0 unspecified atom stereocenters. The molecule has 1 aromatic rings. The Morgan fingerprint density at radius 3 is 2.18 bits per heavy atom. The highest BCUT2D eigenvalue weighted by Crippen LogP contribution is 2.06. The smallest absolute Gasteiger partial charge is 0.135 e. The highest BCUT2D eigenvalue weighted by Gasteiger charge is 2.10. The molecular weight excluding hydrogens is 144 g/mol. The SMILES string of the molecule is OCC(CO)c1ncccn1. The topological polar surface area (TPSA) is 66.2 Å². The van der Waals surface area contributed by atoms with Crippen molar-refractivity contribution in [2.24, 2.45) is 0 Å². The average molecular weight is 154 g/mol. The van der Waals surface area contributed by atoms with E-state index in [4.69, 9.17) is 10.2 Å². The third kappa shape index (κ3) is 1.96. The second kappa shape index (κ2) is 4.00. The minimum atomic E-state index is -0.351. The molecule has 0 aliphatic heterocycles. The maximum Gasteiger partial charge on any atom is 0.135 e. The summed E-state index contributed by atoms with van der Waals surface area (Å²) in [6.45, 7) is -0.249. The summed E-state index contributed by atoms with van der Waals surface area (Å²) in [5.74, 6) is 0.133. The number of nitrogens with zero attached hydrogens (tertiary/aromatic N) is 2. The van der Waals surface area contributed by atoms with Gasteiger partial charge in [-0.2, -0.15) is 0 Å². The van der Waals surface area contributed by atoms with Crippen LogP contribution in [-0.2, 0) is 0 Å². The van der Waals surface area contributed by atoms with E-state index in [-0.39, 0.29) is 19.1 Å². The van der Waals surface area contributed by atoms with E-state index in [1.165, 1.54) is 0 Å². The minimum absolute atomic E-state index is 0.124. The maximum atomic E-state index is 8.74. The van der Waals surface area contributed by atoms with Crippen LogP contribution in [0.15, 0.2) is 18.5 Å². The summed E-state index contributed by atoms with van der Waals surface area (Å²) in [6, 6.07) is 1.69. The molecule has 0 spiro atoms. The Morgan fingerprint density at radius 1 is 1.18 bits per heavy atom. The lowest BCUT2D eigenvalue weighted by Crippen LogP contribution is -2.11. The molecule has 0 aliphatic rings. The van der Waals surface area contributed by atoms with Crippen LogP contribution in [0.2, 0.25) is 0 Å². The first kappa shape index (κ1) is 8.10. The largest absolute Gasteiger partial charge is 0.396 e. The second-order valence-electron chi connectivity index (χ2n) is 2.17. The van der Waals surface area contributed by atoms with Crippen molar-refractivity contribution in [3.8, 4) is 0 Å². The summed E-state index contributed by atoms with van der Waals surface area (Å²) in [7, 11) is 0. The lowest BCUT2D eigenvalue weighted by atomic mass is 10.1. The third-order valence-corrected chi connectivity index (χ3v) is 1.39. The zero-order chi connectivity index (χ0) is 8.10. The van der Waals surface area contributed by atoms with Crippen molar-refractivity contribution in [2.45, 2.75) is 5.92 Å². The molecule has 2 N–H and O–H groups in total. The van der Waals surface area contributed by atoms with Crippen LogP contribution in [0.5, 0.6) is 0 Å². The van der Waals surface area contributed by atoms with E-state index >= 15 is 0 Å². The van der Waals surface area contributed by atoms with Gasteiger partial charge in [-0.15, -0.1) is 0 Å². The van der Waals surface area contributed by atoms with Gasteiger partial charge in [-0.3, -0.25) is 0 Å². The van der Waals surface area contributed by atoms with Crippen LogP contribution >= 0.6 is 0 Å². The first-order valence-electron chi connectivity index (χ1n) is 3.37. The molecule has 0 saturated heterocycles. The summed E-state index contributed by atoms with van der Waals surface area (Å²) in [6.07, 6.45) is 3.17. The summed E-state index contributed by atoms with van der Waals surface area (Å²) < 4.78 is 0. The number of hydrogen-bond donors (Lipinski definition) is 2. The van der Waals surface area contributed by atoms with Gasteiger partial charge in [0.25, 0.3) is 0 Å². The molecule has 60 valence electrons. The Bertz CT molecular complexity index is 199. The van der Waals surface area contributed by atoms with Gasteiger partial charge < -0.3 is 10.2 Å². The zero-order valence-corrected chi connectivity index (χ0v) is 6.01. The molecule has 4 nitrogen and oxygen atoms in total. The first-order chi connectivity index (χ1) is 5.38. The number of hydrogen-bond acceptors (Lipinski definition) is 4. The van der Waals surface area contributed by atoms with Crippen molar-refractivity contribution in [1.29, 1.82) is 0 Å². The van der Waals surface area contributed by atoms with Crippen LogP contribution in [0.4, 0.5) is 0 Å². The molecule has 0 amide bonds. The highest BCUT2D eigenvalue weighted by molar-refractivity contribution is 4.96. The Morgan fingerprint density at radius 2 is 1.73 bits per heavy atom. The van der Waals surface area contributed by atoms with E-state index in [9.17, 15) is 0 Å². The van der Waals surface area contributed by atoms with E-state index in [1.807, 2.05) is 0 Å². The maximum absolute atomic E-state index is 8.74. The fourth-order valence-corrected chi connectivity index (χ4v) is 0.742. The van der Waals surface area contributed by atoms with Gasteiger partial charge in [0.2, 0.25) is 0 Å². The number of rotatable bonds is 3. The van der Waals surface area contributed by atoms with E-state index in [0.717, 1.165) is 0 Å². The summed E-state index contributed by atoms with van der Waals surface area (Å²) in [5, 5.41) is 17.5. The van der Waals surface area contributed by atoms with E-state index in [1.54, 1.807) is 18.5 Å². The standard InChI is InChI=1S/C7H10N2O2/c10-4-6(5-11)7-8-2-1-3-9-7/h1-3,6,10-11H,4-5H2. The van der Waals surface area contributed by atoms with Crippen LogP contribution in [0.1, 0.15) is 11.7 Å². The van der Waals surface area contributed by atoms with Gasteiger partial charge in [-0.05, 0) is 6.07 Å². The Hall–Kier alpha value is -1.00. The Balaban J connectivity index is 2.74. The minimum Gasteiger partial charge on any atom is -0.396 e. The van der Waals surface area contributed by atoms with Crippen molar-refractivity contribution < 1.29 is 10.2 Å². The molecule has 1 heterocycles. The molecule has 0 aliphatic carbocycles. The molecule has 1 aromatic heterocycles. The molecule has 4 heteroatoms.